The summed E-state index contributed by atoms with van der Waals surface area (Å²) in [6.07, 6.45) is -4.78. The summed E-state index contributed by atoms with van der Waals surface area (Å²) >= 11 is 5.77. The highest BCUT2D eigenvalue weighted by Crippen LogP contribution is 2.40. The number of halogens is 4. The van der Waals surface area contributed by atoms with Gasteiger partial charge in [0.15, 0.2) is 11.4 Å². The van der Waals surface area contributed by atoms with E-state index in [1.165, 1.54) is 13.8 Å². The Morgan fingerprint density at radius 1 is 1.42 bits per heavy atom. The molecular formula is C15H16ClF3N2O5. The van der Waals surface area contributed by atoms with E-state index in [1.807, 2.05) is 0 Å². The smallest absolute Gasteiger partial charge is 0.421 e. The molecule has 0 aromatic carbocycles. The lowest BCUT2D eigenvalue weighted by Gasteiger charge is -2.17. The van der Waals surface area contributed by atoms with Gasteiger partial charge >= 0.3 is 12.1 Å². The van der Waals surface area contributed by atoms with Gasteiger partial charge in [0.05, 0.1) is 11.1 Å². The van der Waals surface area contributed by atoms with Crippen LogP contribution in [0.4, 0.5) is 19.0 Å². The molecular weight excluding hydrogens is 381 g/mol. The predicted molar refractivity (Wildman–Crippen MR) is 84.2 cm³/mol. The van der Waals surface area contributed by atoms with E-state index >= 15 is 0 Å². The molecule has 1 aliphatic carbocycles. The third kappa shape index (κ3) is 4.76. The van der Waals surface area contributed by atoms with Crippen LogP contribution in [0.3, 0.4) is 0 Å². The molecule has 144 valence electrons. The molecule has 1 aliphatic rings. The molecule has 1 fully saturated rings. The molecule has 0 radical (unpaired) electrons. The molecule has 1 aromatic rings. The molecule has 1 saturated carbocycles. The number of carbonyl (C=O) groups is 2. The van der Waals surface area contributed by atoms with Crippen molar-refractivity contribution in [2.45, 2.75) is 44.6 Å². The Hall–Kier alpha value is -2.07. The number of aliphatic carboxylic acids is 1. The molecule has 0 unspecified atom stereocenters. The van der Waals surface area contributed by atoms with Gasteiger partial charge in [-0.3, -0.25) is 4.79 Å². The van der Waals surface area contributed by atoms with Crippen LogP contribution in [0.25, 0.3) is 0 Å². The van der Waals surface area contributed by atoms with Crippen molar-refractivity contribution in [2.75, 3.05) is 11.9 Å². The standard InChI is InChI=1S/C15H16ClF3N2O5/c1-7(2)26-12-8(15(17,18)19)5-9(16)11(21-12)20-10(22)6-25-14(3-4-14)13(23)24/h5,7H,3-4,6H2,1-2H3,(H,23,24)(H,20,21,22). The first-order valence-electron chi connectivity index (χ1n) is 7.56. The number of nitrogens with zero attached hydrogens (tertiary/aromatic N) is 1. The van der Waals surface area contributed by atoms with Gasteiger partial charge in [0.1, 0.15) is 12.2 Å². The number of pyridine rings is 1. The number of hydrogen-bond donors (Lipinski definition) is 2. The number of ether oxygens (including phenoxy) is 2. The molecule has 26 heavy (non-hydrogen) atoms. The number of nitrogens with one attached hydrogen (secondary N) is 1. The minimum atomic E-state index is -4.74. The van der Waals surface area contributed by atoms with E-state index < -0.39 is 52.8 Å². The topological polar surface area (TPSA) is 97.8 Å². The van der Waals surface area contributed by atoms with Gasteiger partial charge < -0.3 is 19.9 Å². The zero-order chi connectivity index (χ0) is 19.7. The molecule has 0 saturated heterocycles. The highest BCUT2D eigenvalue weighted by molar-refractivity contribution is 6.33. The normalized spacial score (nSPS) is 15.7. The van der Waals surface area contributed by atoms with Gasteiger partial charge in [-0.1, -0.05) is 11.6 Å². The Balaban J connectivity index is 2.15. The fraction of sp³-hybridized carbons (Fsp3) is 0.533. The largest absolute Gasteiger partial charge is 0.479 e. The minimum absolute atomic E-state index is 0.279. The van der Waals surface area contributed by atoms with E-state index in [0.29, 0.717) is 6.07 Å². The number of alkyl halides is 3. The zero-order valence-electron chi connectivity index (χ0n) is 13.8. The third-order valence-electron chi connectivity index (χ3n) is 3.43. The van der Waals surface area contributed by atoms with Gasteiger partial charge in [0, 0.05) is 0 Å². The second-order valence-corrected chi connectivity index (χ2v) is 6.38. The van der Waals surface area contributed by atoms with Crippen molar-refractivity contribution < 1.29 is 37.3 Å². The van der Waals surface area contributed by atoms with Crippen molar-refractivity contribution in [1.29, 1.82) is 0 Å². The van der Waals surface area contributed by atoms with Crippen molar-refractivity contribution in [3.8, 4) is 5.88 Å². The van der Waals surface area contributed by atoms with Crippen molar-refractivity contribution in [2.24, 2.45) is 0 Å². The van der Waals surface area contributed by atoms with E-state index in [-0.39, 0.29) is 18.7 Å². The van der Waals surface area contributed by atoms with E-state index in [9.17, 15) is 22.8 Å². The number of carboxylic acids is 1. The van der Waals surface area contributed by atoms with Gasteiger partial charge in [-0.25, -0.2) is 4.79 Å². The SMILES string of the molecule is CC(C)Oc1nc(NC(=O)COC2(C(=O)O)CC2)c(Cl)cc1C(F)(F)F. The molecule has 0 spiro atoms. The number of rotatable bonds is 7. The Morgan fingerprint density at radius 2 is 2.04 bits per heavy atom. The van der Waals surface area contributed by atoms with Crippen LogP contribution in [0, 0.1) is 0 Å². The van der Waals surface area contributed by atoms with E-state index in [1.54, 1.807) is 0 Å². The summed E-state index contributed by atoms with van der Waals surface area (Å²) in [6.45, 7) is 2.43. The average molecular weight is 397 g/mol. The number of anilines is 1. The summed E-state index contributed by atoms with van der Waals surface area (Å²) in [4.78, 5) is 26.5. The summed E-state index contributed by atoms with van der Waals surface area (Å²) in [5.41, 5.74) is -2.55. The van der Waals surface area contributed by atoms with Crippen LogP contribution < -0.4 is 10.1 Å². The van der Waals surface area contributed by atoms with Gasteiger partial charge in [-0.2, -0.15) is 18.2 Å². The third-order valence-corrected chi connectivity index (χ3v) is 3.71. The number of hydrogen-bond acceptors (Lipinski definition) is 5. The molecule has 0 aliphatic heterocycles. The van der Waals surface area contributed by atoms with Gasteiger partial charge in [-0.15, -0.1) is 0 Å². The van der Waals surface area contributed by atoms with Crippen LogP contribution in [-0.2, 0) is 20.5 Å². The average Bonchev–Trinajstić information content (AvgIpc) is 3.28. The first-order chi connectivity index (χ1) is 11.9. The molecule has 1 amide bonds. The van der Waals surface area contributed by atoms with Gasteiger partial charge in [0.25, 0.3) is 5.91 Å². The van der Waals surface area contributed by atoms with Crippen LogP contribution in [0.1, 0.15) is 32.3 Å². The van der Waals surface area contributed by atoms with Crippen LogP contribution >= 0.6 is 11.6 Å². The Labute approximate surface area is 151 Å². The Kier molecular flexibility index (Phi) is 5.67. The second-order valence-electron chi connectivity index (χ2n) is 5.97. The quantitative estimate of drug-likeness (QED) is 0.735. The number of carboxylic acid groups (broad SMARTS) is 1. The maximum atomic E-state index is 13.1. The molecule has 1 heterocycles. The zero-order valence-corrected chi connectivity index (χ0v) is 14.6. The Bertz CT molecular complexity index is 720. The number of amides is 1. The molecule has 0 atom stereocenters. The van der Waals surface area contributed by atoms with E-state index in [0.717, 1.165) is 0 Å². The second kappa shape index (κ2) is 7.28. The first-order valence-corrected chi connectivity index (χ1v) is 7.94. The fourth-order valence-electron chi connectivity index (χ4n) is 1.98. The summed E-state index contributed by atoms with van der Waals surface area (Å²) in [5, 5.41) is 10.7. The maximum absolute atomic E-state index is 13.1. The van der Waals surface area contributed by atoms with Crippen LogP contribution in [0.5, 0.6) is 5.88 Å². The molecule has 11 heteroatoms. The summed E-state index contributed by atoms with van der Waals surface area (Å²) in [7, 11) is 0. The van der Waals surface area contributed by atoms with Crippen molar-refractivity contribution in [3.05, 3.63) is 16.7 Å². The van der Waals surface area contributed by atoms with E-state index in [2.05, 4.69) is 10.3 Å². The number of aromatic nitrogens is 1. The predicted octanol–water partition coefficient (Wildman–Crippen LogP) is 3.11. The van der Waals surface area contributed by atoms with Crippen LogP contribution in [-0.4, -0.2) is 40.3 Å². The van der Waals surface area contributed by atoms with E-state index in [4.69, 9.17) is 26.2 Å². The maximum Gasteiger partial charge on any atom is 0.421 e. The summed E-state index contributed by atoms with van der Waals surface area (Å²) in [6, 6.07) is 0.600. The monoisotopic (exact) mass is 396 g/mol. The number of carbonyl (C=O) groups excluding carboxylic acids is 1. The highest BCUT2D eigenvalue weighted by atomic mass is 35.5. The minimum Gasteiger partial charge on any atom is -0.479 e. The molecule has 1 aromatic heterocycles. The molecule has 2 N–H and O–H groups in total. The lowest BCUT2D eigenvalue weighted by atomic mass is 10.2. The van der Waals surface area contributed by atoms with Gasteiger partial charge in [-0.05, 0) is 32.8 Å². The van der Waals surface area contributed by atoms with Crippen molar-refractivity contribution in [1.82, 2.24) is 4.98 Å². The lowest BCUT2D eigenvalue weighted by molar-refractivity contribution is -0.154. The fourth-order valence-corrected chi connectivity index (χ4v) is 2.18. The van der Waals surface area contributed by atoms with Crippen molar-refractivity contribution >= 4 is 29.3 Å². The van der Waals surface area contributed by atoms with Crippen molar-refractivity contribution in [3.63, 3.8) is 0 Å². The first kappa shape index (κ1) is 20.2. The van der Waals surface area contributed by atoms with Crippen LogP contribution in [0.15, 0.2) is 6.07 Å². The molecule has 7 nitrogen and oxygen atoms in total. The molecule has 0 bridgehead atoms. The summed E-state index contributed by atoms with van der Waals surface area (Å²) < 4.78 is 49.3. The highest BCUT2D eigenvalue weighted by Gasteiger charge is 2.52. The van der Waals surface area contributed by atoms with Gasteiger partial charge in [0.2, 0.25) is 5.88 Å². The molecule has 2 rings (SSSR count). The Morgan fingerprint density at radius 3 is 2.50 bits per heavy atom. The lowest BCUT2D eigenvalue weighted by Crippen LogP contribution is -2.30. The van der Waals surface area contributed by atoms with Crippen LogP contribution in [0.2, 0.25) is 5.02 Å². The summed E-state index contributed by atoms with van der Waals surface area (Å²) in [5.74, 6) is -3.05.